The van der Waals surface area contributed by atoms with Gasteiger partial charge >= 0.3 is 5.97 Å². The summed E-state index contributed by atoms with van der Waals surface area (Å²) in [6.07, 6.45) is 1.74. The van der Waals surface area contributed by atoms with E-state index in [-0.39, 0.29) is 42.3 Å². The lowest BCUT2D eigenvalue weighted by Crippen LogP contribution is -2.48. The minimum absolute atomic E-state index is 0.0926. The second-order valence-corrected chi connectivity index (χ2v) is 11.6. The van der Waals surface area contributed by atoms with E-state index in [0.717, 1.165) is 15.9 Å². The molecule has 1 saturated carbocycles. The molecule has 2 aliphatic heterocycles. The number of aliphatic hydroxyl groups is 1. The van der Waals surface area contributed by atoms with Crippen LogP contribution in [0, 0.1) is 34.9 Å². The second-order valence-electron chi connectivity index (χ2n) is 11.2. The Morgan fingerprint density at radius 1 is 1.12 bits per heavy atom. The quantitative estimate of drug-likeness (QED) is 0.389. The Morgan fingerprint density at radius 2 is 1.88 bits per heavy atom. The highest BCUT2D eigenvalue weighted by Gasteiger charge is 2.68. The lowest BCUT2D eigenvalue weighted by molar-refractivity contribution is -0.142. The number of carboxylic acids is 1. The fourth-order valence-electron chi connectivity index (χ4n) is 7.31. The largest absolute Gasteiger partial charge is 0.481 e. The SMILES string of the molecule is C[C@@]12C(=O)N(c3ccc(F)c(Cl)c3)C(=O)[C@@H]1C[C@@H]1C(=CC[C@@H]3C(=O)N(CCC(=O)O)C(=O)[C@@H]31)[C@@H]2c1ccc(CO)o1. The Morgan fingerprint density at radius 3 is 2.54 bits per heavy atom. The van der Waals surface area contributed by atoms with E-state index in [9.17, 15) is 33.5 Å². The van der Waals surface area contributed by atoms with Gasteiger partial charge in [-0.05, 0) is 56.0 Å². The Labute approximate surface area is 238 Å². The van der Waals surface area contributed by atoms with Gasteiger partial charge in [-0.15, -0.1) is 0 Å². The minimum Gasteiger partial charge on any atom is -0.481 e. The van der Waals surface area contributed by atoms with Gasteiger partial charge in [0.2, 0.25) is 23.6 Å². The van der Waals surface area contributed by atoms with Gasteiger partial charge in [0, 0.05) is 6.54 Å². The Kier molecular flexibility index (Phi) is 6.42. The maximum atomic E-state index is 14.2. The minimum atomic E-state index is -1.37. The number of rotatable bonds is 6. The summed E-state index contributed by atoms with van der Waals surface area (Å²) in [5, 5.41) is 18.5. The zero-order chi connectivity index (χ0) is 29.4. The molecule has 2 aliphatic carbocycles. The summed E-state index contributed by atoms with van der Waals surface area (Å²) in [6, 6.07) is 6.78. The fourth-order valence-corrected chi connectivity index (χ4v) is 7.49. The summed E-state index contributed by atoms with van der Waals surface area (Å²) < 4.78 is 19.9. The van der Waals surface area contributed by atoms with Crippen LogP contribution in [0.3, 0.4) is 0 Å². The first-order chi connectivity index (χ1) is 19.5. The van der Waals surface area contributed by atoms with Crippen LogP contribution >= 0.6 is 11.6 Å². The van der Waals surface area contributed by atoms with Crippen LogP contribution in [0.1, 0.15) is 43.6 Å². The highest BCUT2D eigenvalue weighted by molar-refractivity contribution is 6.31. The highest BCUT2D eigenvalue weighted by Crippen LogP contribution is 2.63. The number of halogens is 2. The number of hydrogen-bond acceptors (Lipinski definition) is 7. The van der Waals surface area contributed by atoms with Gasteiger partial charge < -0.3 is 14.6 Å². The van der Waals surface area contributed by atoms with Crippen molar-refractivity contribution in [2.45, 2.75) is 38.7 Å². The molecule has 3 fully saturated rings. The first kappa shape index (κ1) is 27.3. The predicted molar refractivity (Wildman–Crippen MR) is 140 cm³/mol. The monoisotopic (exact) mass is 584 g/mol. The highest BCUT2D eigenvalue weighted by atomic mass is 35.5. The topological polar surface area (TPSA) is 145 Å². The number of anilines is 1. The third-order valence-electron chi connectivity index (χ3n) is 9.20. The molecule has 2 aromatic rings. The molecule has 1 aromatic carbocycles. The lowest BCUT2D eigenvalue weighted by atomic mass is 9.52. The van der Waals surface area contributed by atoms with E-state index >= 15 is 0 Å². The van der Waals surface area contributed by atoms with Gasteiger partial charge in [-0.2, -0.15) is 0 Å². The van der Waals surface area contributed by atoms with E-state index in [1.807, 2.05) is 6.08 Å². The van der Waals surface area contributed by atoms with Crippen molar-refractivity contribution >= 4 is 46.9 Å². The number of furan rings is 1. The average molecular weight is 585 g/mol. The molecule has 0 unspecified atom stereocenters. The maximum Gasteiger partial charge on any atom is 0.305 e. The van der Waals surface area contributed by atoms with Crippen molar-refractivity contribution in [3.8, 4) is 0 Å². The number of likely N-dealkylation sites (tertiary alicyclic amines) is 1. The molecule has 41 heavy (non-hydrogen) atoms. The second kappa shape index (κ2) is 9.63. The average Bonchev–Trinajstić information content (AvgIpc) is 3.56. The van der Waals surface area contributed by atoms with Gasteiger partial charge in [0.15, 0.2) is 0 Å². The molecule has 0 spiro atoms. The van der Waals surface area contributed by atoms with E-state index < -0.39 is 77.0 Å². The number of carboxylic acid groups (broad SMARTS) is 1. The van der Waals surface area contributed by atoms with Crippen LogP contribution in [0.5, 0.6) is 0 Å². The first-order valence-corrected chi connectivity index (χ1v) is 13.7. The molecule has 0 bridgehead atoms. The summed E-state index contributed by atoms with van der Waals surface area (Å²) in [5.74, 6) is -7.15. The van der Waals surface area contributed by atoms with Gasteiger partial charge in [-0.1, -0.05) is 23.3 Å². The molecule has 4 aliphatic rings. The molecule has 4 amide bonds. The van der Waals surface area contributed by atoms with E-state index in [4.69, 9.17) is 21.1 Å². The van der Waals surface area contributed by atoms with Crippen molar-refractivity contribution < 1.29 is 43.0 Å². The van der Waals surface area contributed by atoms with Crippen LogP contribution in [0.25, 0.3) is 0 Å². The number of fused-ring (bicyclic) bond motifs is 4. The normalized spacial score (nSPS) is 30.8. The summed E-state index contributed by atoms with van der Waals surface area (Å²) >= 11 is 5.98. The lowest BCUT2D eigenvalue weighted by Gasteiger charge is -2.48. The molecule has 12 heteroatoms. The summed E-state index contributed by atoms with van der Waals surface area (Å²) in [6.45, 7) is 1.03. The molecular formula is C29H26ClFN2O8. The van der Waals surface area contributed by atoms with Crippen LogP contribution in [0.15, 0.2) is 46.4 Å². The number of carbonyl (C=O) groups excluding carboxylic acids is 4. The first-order valence-electron chi connectivity index (χ1n) is 13.3. The standard InChI is InChI=1S/C29H26ClFN2O8/c1-29-18(26(38)33(28(29)40)13-2-6-20(31)19(30)10-13)11-17-15(24(29)21-7-3-14(12-34)41-21)4-5-16-23(17)27(39)32(25(16)37)9-8-22(35)36/h2-4,6-7,10,16-18,23-24,34H,5,8-9,11-12H2,1H3,(H,35,36)/t16-,17+,18-,23-,24+,29+/m0/s1. The van der Waals surface area contributed by atoms with Crippen molar-refractivity contribution in [2.24, 2.45) is 29.1 Å². The maximum absolute atomic E-state index is 14.2. The van der Waals surface area contributed by atoms with E-state index in [1.54, 1.807) is 19.1 Å². The number of hydrogen-bond donors (Lipinski definition) is 2. The van der Waals surface area contributed by atoms with Gasteiger partial charge in [-0.25, -0.2) is 9.29 Å². The number of benzene rings is 1. The summed E-state index contributed by atoms with van der Waals surface area (Å²) in [7, 11) is 0. The number of nitrogens with zero attached hydrogens (tertiary/aromatic N) is 2. The molecule has 0 radical (unpaired) electrons. The van der Waals surface area contributed by atoms with Crippen LogP contribution < -0.4 is 4.90 Å². The van der Waals surface area contributed by atoms with Crippen LogP contribution in [-0.4, -0.2) is 51.3 Å². The van der Waals surface area contributed by atoms with Crippen molar-refractivity contribution in [3.63, 3.8) is 0 Å². The van der Waals surface area contributed by atoms with Gasteiger partial charge in [0.05, 0.1) is 46.2 Å². The van der Waals surface area contributed by atoms with E-state index in [0.29, 0.717) is 11.3 Å². The molecule has 6 rings (SSSR count). The Balaban J connectivity index is 1.46. The summed E-state index contributed by atoms with van der Waals surface area (Å²) in [5.41, 5.74) is -0.574. The van der Waals surface area contributed by atoms with Crippen molar-refractivity contribution in [1.29, 1.82) is 0 Å². The third kappa shape index (κ3) is 3.89. The number of allylic oxidation sites excluding steroid dienone is 2. The fraction of sp³-hybridized carbons (Fsp3) is 0.414. The number of amides is 4. The molecule has 214 valence electrons. The van der Waals surface area contributed by atoms with E-state index in [1.165, 1.54) is 12.1 Å². The van der Waals surface area contributed by atoms with Crippen LogP contribution in [-0.2, 0) is 30.6 Å². The number of imide groups is 2. The molecule has 1 aromatic heterocycles. The van der Waals surface area contributed by atoms with E-state index in [2.05, 4.69) is 0 Å². The number of carbonyl (C=O) groups is 5. The summed E-state index contributed by atoms with van der Waals surface area (Å²) in [4.78, 5) is 68.2. The predicted octanol–water partition coefficient (Wildman–Crippen LogP) is 3.27. The molecular weight excluding hydrogens is 559 g/mol. The number of aliphatic hydroxyl groups excluding tert-OH is 1. The smallest absolute Gasteiger partial charge is 0.305 e. The van der Waals surface area contributed by atoms with Crippen LogP contribution in [0.2, 0.25) is 5.02 Å². The zero-order valence-corrected chi connectivity index (χ0v) is 22.6. The number of aliphatic carboxylic acids is 1. The molecule has 6 atom stereocenters. The van der Waals surface area contributed by atoms with Crippen molar-refractivity contribution in [2.75, 3.05) is 11.4 Å². The molecule has 2 N–H and O–H groups in total. The van der Waals surface area contributed by atoms with Gasteiger partial charge in [0.25, 0.3) is 0 Å². The Hall–Kier alpha value is -3.83. The third-order valence-corrected chi connectivity index (χ3v) is 9.49. The van der Waals surface area contributed by atoms with Crippen LogP contribution in [0.4, 0.5) is 10.1 Å². The zero-order valence-electron chi connectivity index (χ0n) is 21.9. The van der Waals surface area contributed by atoms with Gasteiger partial charge in [-0.3, -0.25) is 28.9 Å². The molecule has 10 nitrogen and oxygen atoms in total. The van der Waals surface area contributed by atoms with Gasteiger partial charge in [0.1, 0.15) is 23.9 Å². The van der Waals surface area contributed by atoms with Crippen molar-refractivity contribution in [3.05, 3.63) is 64.3 Å². The van der Waals surface area contributed by atoms with Crippen molar-refractivity contribution in [1.82, 2.24) is 4.90 Å². The molecule has 3 heterocycles. The molecule has 2 saturated heterocycles. The Bertz CT molecular complexity index is 1550.